The molecular weight excluding hydrogens is 280 g/mol. The second-order valence-corrected chi connectivity index (χ2v) is 5.85. The zero-order valence-corrected chi connectivity index (χ0v) is 12.7. The average Bonchev–Trinajstić information content (AvgIpc) is 2.42. The van der Waals surface area contributed by atoms with Gasteiger partial charge in [-0.25, -0.2) is 0 Å². The van der Waals surface area contributed by atoms with Crippen LogP contribution in [0.5, 0.6) is 0 Å². The van der Waals surface area contributed by atoms with Crippen LogP contribution in [-0.4, -0.2) is 93.4 Å². The van der Waals surface area contributed by atoms with Gasteiger partial charge in [0.1, 0.15) is 18.3 Å². The van der Waals surface area contributed by atoms with Gasteiger partial charge in [0.05, 0.1) is 18.3 Å². The van der Waals surface area contributed by atoms with Gasteiger partial charge in [0.2, 0.25) is 0 Å². The molecule has 0 unspecified atom stereocenters. The first kappa shape index (κ1) is 20.7. The molecule has 0 aliphatic carbocycles. The van der Waals surface area contributed by atoms with Crippen LogP contribution in [0.3, 0.4) is 0 Å². The molecule has 0 radical (unpaired) electrons. The van der Waals surface area contributed by atoms with Gasteiger partial charge >= 0.3 is 0 Å². The summed E-state index contributed by atoms with van der Waals surface area (Å²) in [5.41, 5.74) is -0.753. The fourth-order valence-electron chi connectivity index (χ4n) is 1.67. The third-order valence-electron chi connectivity index (χ3n) is 2.94. The van der Waals surface area contributed by atoms with Crippen LogP contribution in [0.2, 0.25) is 0 Å². The van der Waals surface area contributed by atoms with E-state index < -0.39 is 36.6 Å². The molecule has 8 nitrogen and oxygen atoms in total. The highest BCUT2D eigenvalue weighted by Crippen LogP contribution is 2.04. The quantitative estimate of drug-likeness (QED) is 0.176. The van der Waals surface area contributed by atoms with E-state index >= 15 is 0 Å². The van der Waals surface area contributed by atoms with E-state index in [1.54, 1.807) is 13.8 Å². The molecule has 0 rings (SSSR count). The Balaban J connectivity index is 3.68. The maximum absolute atomic E-state index is 9.63. The highest BCUT2D eigenvalue weighted by atomic mass is 16.4. The van der Waals surface area contributed by atoms with Crippen molar-refractivity contribution in [3.8, 4) is 0 Å². The minimum atomic E-state index is -1.60. The average molecular weight is 310 g/mol. The highest BCUT2D eigenvalue weighted by Gasteiger charge is 2.29. The van der Waals surface area contributed by atoms with Crippen LogP contribution in [0.4, 0.5) is 0 Å². The molecule has 0 aromatic rings. The van der Waals surface area contributed by atoms with Gasteiger partial charge in [-0.05, 0) is 33.4 Å². The molecule has 8 N–H and O–H groups in total. The van der Waals surface area contributed by atoms with E-state index in [1.165, 1.54) is 0 Å². The number of aliphatic hydroxyl groups is 6. The van der Waals surface area contributed by atoms with Crippen LogP contribution in [0.1, 0.15) is 20.3 Å². The number of aliphatic hydroxyl groups excluding tert-OH is 5. The second kappa shape index (κ2) is 10.4. The fourth-order valence-corrected chi connectivity index (χ4v) is 1.67. The molecule has 0 amide bonds. The molecule has 21 heavy (non-hydrogen) atoms. The maximum atomic E-state index is 9.63. The summed E-state index contributed by atoms with van der Waals surface area (Å²) in [4.78, 5) is 0. The molecule has 0 aromatic heterocycles. The van der Waals surface area contributed by atoms with Crippen molar-refractivity contribution in [3.63, 3.8) is 0 Å². The molecule has 4 atom stereocenters. The first-order valence-electron chi connectivity index (χ1n) is 7.16. The number of rotatable bonds is 12. The summed E-state index contributed by atoms with van der Waals surface area (Å²) in [6.45, 7) is 4.56. The zero-order valence-electron chi connectivity index (χ0n) is 12.7. The Kier molecular flexibility index (Phi) is 10.3. The molecule has 0 fully saturated rings. The lowest BCUT2D eigenvalue weighted by Crippen LogP contribution is -2.49. The molecule has 0 aromatic carbocycles. The number of nitrogens with one attached hydrogen (secondary N) is 2. The van der Waals surface area contributed by atoms with Gasteiger partial charge < -0.3 is 41.3 Å². The van der Waals surface area contributed by atoms with Crippen molar-refractivity contribution in [1.82, 2.24) is 10.6 Å². The third-order valence-corrected chi connectivity index (χ3v) is 2.94. The number of hydrogen-bond acceptors (Lipinski definition) is 8. The van der Waals surface area contributed by atoms with Crippen LogP contribution >= 0.6 is 0 Å². The molecule has 0 aliphatic rings. The van der Waals surface area contributed by atoms with E-state index in [9.17, 15) is 20.4 Å². The standard InChI is InChI=1S/C13H30N2O6/c1-13(2,21)8-15-5-3-4-14-6-9(17)11(19)12(20)10(18)7-16/h9-12,14-21H,3-8H2,1-2H3/t9-,10+,11+,12+/m0/s1. The van der Waals surface area contributed by atoms with Crippen LogP contribution < -0.4 is 10.6 Å². The lowest BCUT2D eigenvalue weighted by molar-refractivity contribution is -0.113. The van der Waals surface area contributed by atoms with E-state index in [2.05, 4.69) is 10.6 Å². The Morgan fingerprint density at radius 2 is 1.43 bits per heavy atom. The highest BCUT2D eigenvalue weighted by molar-refractivity contribution is 4.81. The van der Waals surface area contributed by atoms with Crippen LogP contribution in [-0.2, 0) is 0 Å². The third kappa shape index (κ3) is 10.1. The van der Waals surface area contributed by atoms with Crippen LogP contribution in [0.15, 0.2) is 0 Å². The smallest absolute Gasteiger partial charge is 0.111 e. The van der Waals surface area contributed by atoms with Crippen molar-refractivity contribution in [2.45, 2.75) is 50.3 Å². The second-order valence-electron chi connectivity index (χ2n) is 5.85. The van der Waals surface area contributed by atoms with Gasteiger partial charge in [-0.15, -0.1) is 0 Å². The summed E-state index contributed by atoms with van der Waals surface area (Å²) < 4.78 is 0. The fraction of sp³-hybridized carbons (Fsp3) is 1.00. The molecule has 0 heterocycles. The Morgan fingerprint density at radius 3 is 1.95 bits per heavy atom. The van der Waals surface area contributed by atoms with E-state index in [0.717, 1.165) is 6.42 Å². The Morgan fingerprint density at radius 1 is 0.905 bits per heavy atom. The summed E-state index contributed by atoms with van der Waals surface area (Å²) in [6, 6.07) is 0. The van der Waals surface area contributed by atoms with Gasteiger partial charge in [0.25, 0.3) is 0 Å². The van der Waals surface area contributed by atoms with Crippen molar-refractivity contribution < 1.29 is 30.6 Å². The zero-order chi connectivity index (χ0) is 16.5. The molecule has 128 valence electrons. The van der Waals surface area contributed by atoms with E-state index in [-0.39, 0.29) is 6.54 Å². The van der Waals surface area contributed by atoms with E-state index in [1.807, 2.05) is 0 Å². The topological polar surface area (TPSA) is 145 Å². The molecule has 0 saturated carbocycles. The van der Waals surface area contributed by atoms with Gasteiger partial charge in [-0.1, -0.05) is 0 Å². The summed E-state index contributed by atoms with van der Waals surface area (Å²) in [7, 11) is 0. The van der Waals surface area contributed by atoms with Gasteiger partial charge in [-0.2, -0.15) is 0 Å². The lowest BCUT2D eigenvalue weighted by Gasteiger charge is -2.25. The maximum Gasteiger partial charge on any atom is 0.111 e. The normalized spacial score (nSPS) is 18.3. The minimum Gasteiger partial charge on any atom is -0.394 e. The van der Waals surface area contributed by atoms with Crippen molar-refractivity contribution >= 4 is 0 Å². The molecule has 0 bridgehead atoms. The molecule has 8 heteroatoms. The SMILES string of the molecule is CC(C)(O)CNCCCNC[C@H](O)[C@@H](O)[C@H](O)[C@H](O)CO. The van der Waals surface area contributed by atoms with Crippen molar-refractivity contribution in [2.75, 3.05) is 32.8 Å². The van der Waals surface area contributed by atoms with Gasteiger partial charge in [0, 0.05) is 13.1 Å². The molecule has 0 spiro atoms. The number of hydrogen-bond donors (Lipinski definition) is 8. The predicted octanol–water partition coefficient (Wildman–Crippen LogP) is -3.24. The van der Waals surface area contributed by atoms with Crippen LogP contribution in [0, 0.1) is 0 Å². The Bertz CT molecular complexity index is 262. The first-order chi connectivity index (χ1) is 9.69. The summed E-state index contributed by atoms with van der Waals surface area (Å²) >= 11 is 0. The van der Waals surface area contributed by atoms with Crippen molar-refractivity contribution in [2.24, 2.45) is 0 Å². The van der Waals surface area contributed by atoms with Gasteiger partial charge in [0.15, 0.2) is 0 Å². The van der Waals surface area contributed by atoms with Gasteiger partial charge in [-0.3, -0.25) is 0 Å². The Hall–Kier alpha value is -0.320. The summed E-state index contributed by atoms with van der Waals surface area (Å²) in [6.07, 6.45) is -5.10. The van der Waals surface area contributed by atoms with E-state index in [0.29, 0.717) is 19.6 Å². The Labute approximate surface area is 125 Å². The summed E-state index contributed by atoms with van der Waals surface area (Å²) in [5.74, 6) is 0. The molecule has 0 saturated heterocycles. The first-order valence-corrected chi connectivity index (χ1v) is 7.16. The monoisotopic (exact) mass is 310 g/mol. The summed E-state index contributed by atoms with van der Waals surface area (Å²) in [5, 5.41) is 61.9. The predicted molar refractivity (Wildman–Crippen MR) is 77.8 cm³/mol. The largest absolute Gasteiger partial charge is 0.394 e. The minimum absolute atomic E-state index is 0.0574. The van der Waals surface area contributed by atoms with E-state index in [4.69, 9.17) is 10.2 Å². The molecule has 0 aliphatic heterocycles. The molecular formula is C13H30N2O6. The van der Waals surface area contributed by atoms with Crippen LogP contribution in [0.25, 0.3) is 0 Å². The lowest BCUT2D eigenvalue weighted by atomic mass is 10.0. The van der Waals surface area contributed by atoms with Crippen molar-refractivity contribution in [1.29, 1.82) is 0 Å². The van der Waals surface area contributed by atoms with Crippen molar-refractivity contribution in [3.05, 3.63) is 0 Å².